The van der Waals surface area contributed by atoms with Gasteiger partial charge in [0.25, 0.3) is 23.8 Å². The monoisotopic (exact) mass is 1710 g/mol. The molecule has 8 fully saturated rings. The number of nitrogens with one attached hydrogen (secondary N) is 5. The molecule has 654 valence electrons. The van der Waals surface area contributed by atoms with Gasteiger partial charge in [-0.05, 0) is 115 Å². The van der Waals surface area contributed by atoms with Crippen molar-refractivity contribution >= 4 is 46.1 Å². The van der Waals surface area contributed by atoms with E-state index in [4.69, 9.17) is 35.3 Å². The molecule has 0 aromatic carbocycles. The molecule has 16 rings (SSSR count). The second-order valence-corrected chi connectivity index (χ2v) is 31.8. The standard InChI is InChI=1S/C20H26F2N6O3.C18H23F3N6O.C18H24F2N6O2.C17H21F3N6O.C4H7ClO/c1-3-30-18(29)15-6-9-28(26-15)19-24-16(23-13-4-7-20(21,22)8-5-13)10-17(25-19)31-14-11-27(2)12-14;1-26-10-14(11-26)28-16-8-15(22-12-2-5-18(20,21)6-3-12)23-17(24-16)27-7-4-13(9-19)25-27;1-25-9-14(10-25)28-16-8-15(21-12-2-5-18(19,20)6-3-12)22-17(23-16)26-7-4-13(11-27)24-26;18-8-12-3-6-26(25-12)16-23-14(7-15(24-16)27-13-9-21-10-13)22-11-1-4-17(19,20)5-2-11;1-3(2)4(5)6/h6,9-10,13-14H,3-5,7-8,11-12H2,1-2H3,(H,23,24,25);4,7-8,12,14H,2-3,5-6,9-11H2,1H3,(H,22,23,24);4,7-8,12,14,27H,2-3,5-6,9-11H2,1H3,(H,21,22,23);3,6-7,11,13,21H,1-2,4-5,8-10H2,(H,22,23,24);3H,1-2H3. The first-order valence-corrected chi connectivity index (χ1v) is 40.5. The Morgan fingerprint density at radius 2 is 0.733 bits per heavy atom. The van der Waals surface area contributed by atoms with Gasteiger partial charge in [0.05, 0.1) is 30.3 Å². The molecule has 12 heterocycles. The Kier molecular flexibility index (Phi) is 29.9. The summed E-state index contributed by atoms with van der Waals surface area (Å²) in [7, 11) is 6.01. The predicted octanol–water partition coefficient (Wildman–Crippen LogP) is 11.1. The fourth-order valence-electron chi connectivity index (χ4n) is 13.7. The molecule has 0 unspecified atom stereocenters. The zero-order chi connectivity index (χ0) is 85.5. The maximum Gasteiger partial charge on any atom is 0.358 e. The molecular weight excluding hydrogens is 1610 g/mol. The van der Waals surface area contributed by atoms with Gasteiger partial charge in [0.1, 0.15) is 61.0 Å². The number of carbonyl (C=O) groups excluding carboxylic acids is 2. The third-order valence-corrected chi connectivity index (χ3v) is 21.2. The maximum absolute atomic E-state index is 13.5. The van der Waals surface area contributed by atoms with Crippen molar-refractivity contribution < 1.29 is 82.3 Å². The summed E-state index contributed by atoms with van der Waals surface area (Å²) in [5, 5.41) is 41.6. The minimum Gasteiger partial charge on any atom is -0.471 e. The van der Waals surface area contributed by atoms with Gasteiger partial charge in [-0.15, -0.1) is 0 Å². The van der Waals surface area contributed by atoms with Crippen LogP contribution in [0.25, 0.3) is 23.8 Å². The van der Waals surface area contributed by atoms with Gasteiger partial charge in [-0.25, -0.2) is 67.4 Å². The fraction of sp³-hybridized carbons (Fsp3) is 0.610. The van der Waals surface area contributed by atoms with Crippen LogP contribution >= 0.6 is 11.6 Å². The first-order chi connectivity index (χ1) is 57.3. The van der Waals surface area contributed by atoms with Crippen LogP contribution in [0.15, 0.2) is 73.3 Å². The van der Waals surface area contributed by atoms with E-state index < -0.39 is 43.0 Å². The number of ether oxygens (including phenoxy) is 5. The number of carbonyl (C=O) groups is 2. The van der Waals surface area contributed by atoms with Crippen molar-refractivity contribution in [2.24, 2.45) is 5.92 Å². The molecule has 8 aromatic heterocycles. The van der Waals surface area contributed by atoms with Crippen molar-refractivity contribution in [2.75, 3.05) is 101 Å². The van der Waals surface area contributed by atoms with Crippen molar-refractivity contribution in [3.63, 3.8) is 0 Å². The zero-order valence-corrected chi connectivity index (χ0v) is 68.1. The van der Waals surface area contributed by atoms with Crippen LogP contribution in [0, 0.1) is 5.92 Å². The Bertz CT molecular complexity index is 4490. The minimum absolute atomic E-state index is 0.0155. The van der Waals surface area contributed by atoms with Crippen LogP contribution in [0.1, 0.15) is 151 Å². The zero-order valence-electron chi connectivity index (χ0n) is 67.4. The van der Waals surface area contributed by atoms with Crippen LogP contribution < -0.4 is 45.5 Å². The lowest BCUT2D eigenvalue weighted by molar-refractivity contribution is -0.114. The lowest BCUT2D eigenvalue weighted by Crippen LogP contribution is -2.51. The number of rotatable bonds is 26. The summed E-state index contributed by atoms with van der Waals surface area (Å²) in [5.74, 6) is -6.43. The molecule has 120 heavy (non-hydrogen) atoms. The predicted molar refractivity (Wildman–Crippen MR) is 420 cm³/mol. The highest BCUT2D eigenvalue weighted by atomic mass is 35.5. The van der Waals surface area contributed by atoms with Crippen LogP contribution in [0.2, 0.25) is 0 Å². The normalized spacial score (nSPS) is 19.8. The second kappa shape index (κ2) is 40.2. The van der Waals surface area contributed by atoms with Crippen LogP contribution in [-0.4, -0.2) is 262 Å². The van der Waals surface area contributed by atoms with Gasteiger partial charge in [0.2, 0.25) is 52.5 Å². The lowest BCUT2D eigenvalue weighted by atomic mass is 9.92. The number of aliphatic hydroxyl groups is 1. The van der Waals surface area contributed by atoms with Gasteiger partial charge in [-0.2, -0.15) is 60.3 Å². The Morgan fingerprint density at radius 3 is 0.975 bits per heavy atom. The molecule has 4 aliphatic heterocycles. The molecule has 32 nitrogen and oxygen atoms in total. The maximum atomic E-state index is 13.5. The van der Waals surface area contributed by atoms with Gasteiger partial charge < -0.3 is 55.4 Å². The molecule has 8 aromatic rings. The molecule has 4 aliphatic carbocycles. The third-order valence-electron chi connectivity index (χ3n) is 20.7. The highest BCUT2D eigenvalue weighted by Crippen LogP contribution is 2.39. The number of halogens is 11. The molecule has 0 radical (unpaired) electrons. The first-order valence-electron chi connectivity index (χ1n) is 40.1. The largest absolute Gasteiger partial charge is 0.471 e. The Hall–Kier alpha value is -9.91. The molecule has 43 heteroatoms. The van der Waals surface area contributed by atoms with Gasteiger partial charge in [-0.1, -0.05) is 13.8 Å². The summed E-state index contributed by atoms with van der Waals surface area (Å²) in [4.78, 5) is 63.5. The van der Waals surface area contributed by atoms with Crippen LogP contribution in [-0.2, 0) is 29.5 Å². The molecule has 4 saturated carbocycles. The SMILES string of the molecule is CC(C)C(=O)Cl.CCOC(=O)c1ccn(-c2nc(NC3CCC(F)(F)CC3)cc(OC3CN(C)C3)n2)n1.CN1CC(Oc2cc(NC3CCC(F)(F)CC3)nc(-n3ccc(CF)n3)n2)C1.CN1CC(Oc2cc(NC3CCC(F)(F)CC3)nc(-n3ccc(CO)n3)n2)C1.FCc1ccn(-c2nc(NC3CCC(F)(F)CC3)cc(OC3CNC3)n2)n1. The highest BCUT2D eigenvalue weighted by Gasteiger charge is 2.40. The summed E-state index contributed by atoms with van der Waals surface area (Å²) in [5.41, 5.74) is 1.19. The van der Waals surface area contributed by atoms with Crippen LogP contribution in [0.5, 0.6) is 23.5 Å². The molecule has 6 N–H and O–H groups in total. The third kappa shape index (κ3) is 26.3. The molecule has 0 spiro atoms. The van der Waals surface area contributed by atoms with Gasteiger partial charge in [0, 0.05) is 183 Å². The van der Waals surface area contributed by atoms with Crippen molar-refractivity contribution in [2.45, 2.75) is 216 Å². The van der Waals surface area contributed by atoms with Crippen LogP contribution in [0.3, 0.4) is 0 Å². The Morgan fingerprint density at radius 1 is 0.458 bits per heavy atom. The van der Waals surface area contributed by atoms with Gasteiger partial charge >= 0.3 is 5.97 Å². The summed E-state index contributed by atoms with van der Waals surface area (Å²) in [6, 6.07) is 12.6. The molecule has 8 aliphatic rings. The number of nitrogens with zero attached hydrogens (tertiary/aromatic N) is 19. The van der Waals surface area contributed by atoms with Crippen molar-refractivity contribution in [3.8, 4) is 47.3 Å². The smallest absolute Gasteiger partial charge is 0.358 e. The number of anilines is 4. The van der Waals surface area contributed by atoms with E-state index >= 15 is 0 Å². The topological polar surface area (TPSA) is 345 Å². The minimum atomic E-state index is -2.60. The fourth-order valence-corrected chi connectivity index (χ4v) is 13.7. The van der Waals surface area contributed by atoms with E-state index in [0.717, 1.165) is 52.4 Å². The van der Waals surface area contributed by atoms with E-state index in [9.17, 15) is 58.6 Å². The van der Waals surface area contributed by atoms with E-state index in [1.54, 1.807) is 88.0 Å². The highest BCUT2D eigenvalue weighted by molar-refractivity contribution is 6.63. The molecule has 0 bridgehead atoms. The molecule has 4 saturated heterocycles. The number of alkyl halides is 10. The van der Waals surface area contributed by atoms with Crippen molar-refractivity contribution in [1.29, 1.82) is 0 Å². The molecule has 0 atom stereocenters. The lowest BCUT2D eigenvalue weighted by Gasteiger charge is -2.35. The summed E-state index contributed by atoms with van der Waals surface area (Å²) < 4.78 is 167. The Balaban J connectivity index is 0.000000143. The van der Waals surface area contributed by atoms with E-state index in [-0.39, 0.29) is 159 Å². The van der Waals surface area contributed by atoms with Gasteiger partial charge in [0.15, 0.2) is 5.69 Å². The van der Waals surface area contributed by atoms with Crippen LogP contribution in [0.4, 0.5) is 67.2 Å². The number of likely N-dealkylation sites (N-methyl/N-ethyl adjacent to an activating group) is 3. The van der Waals surface area contributed by atoms with E-state index in [0.29, 0.717) is 110 Å². The van der Waals surface area contributed by atoms with Crippen molar-refractivity contribution in [3.05, 3.63) is 96.1 Å². The molecule has 0 amide bonds. The van der Waals surface area contributed by atoms with E-state index in [1.165, 1.54) is 24.8 Å². The average molecular weight is 1720 g/mol. The van der Waals surface area contributed by atoms with E-state index in [1.807, 2.05) is 21.1 Å². The summed E-state index contributed by atoms with van der Waals surface area (Å²) >= 11 is 4.97. The number of esters is 1. The number of aromatic nitrogens is 16. The van der Waals surface area contributed by atoms with E-state index in [2.05, 4.69) is 102 Å². The summed E-state index contributed by atoms with van der Waals surface area (Å²) in [6.45, 7) is 10.2. The first kappa shape index (κ1) is 89.4. The number of likely N-dealkylation sites (tertiary alicyclic amines) is 3. The summed E-state index contributed by atoms with van der Waals surface area (Å²) in [6.07, 6.45) is 8.31. The number of aliphatic hydroxyl groups excluding tert-OH is 1. The second-order valence-electron chi connectivity index (χ2n) is 31.5. The quantitative estimate of drug-likeness (QED) is 0.0167. The average Bonchev–Trinajstić information content (AvgIpc) is 1.46. The Labute approximate surface area is 691 Å². The van der Waals surface area contributed by atoms with Crippen molar-refractivity contribution in [1.82, 2.24) is 99.0 Å². The number of hydrogen-bond acceptors (Lipinski definition) is 28. The number of hydrogen-bond donors (Lipinski definition) is 6. The van der Waals surface area contributed by atoms with Gasteiger partial charge in [-0.3, -0.25) is 19.5 Å². The molecular formula is C77H101ClF10N24O8.